The Labute approximate surface area is 146 Å². The zero-order valence-corrected chi connectivity index (χ0v) is 14.5. The first-order chi connectivity index (χ1) is 11.6. The summed E-state index contributed by atoms with van der Waals surface area (Å²) in [6.07, 6.45) is 1.59. The lowest BCUT2D eigenvalue weighted by atomic mass is 10.2. The summed E-state index contributed by atoms with van der Waals surface area (Å²) < 4.78 is 1.44. The Balaban J connectivity index is 1.68. The molecule has 128 valence electrons. The minimum absolute atomic E-state index is 0.0406. The van der Waals surface area contributed by atoms with Crippen LogP contribution in [0.4, 0.5) is 0 Å². The van der Waals surface area contributed by atoms with Crippen LogP contribution in [0, 0.1) is 0 Å². The van der Waals surface area contributed by atoms with E-state index in [4.69, 9.17) is 5.11 Å². The molecule has 9 heteroatoms. The van der Waals surface area contributed by atoms with Gasteiger partial charge in [0.1, 0.15) is 4.83 Å². The zero-order chi connectivity index (χ0) is 17.1. The van der Waals surface area contributed by atoms with Gasteiger partial charge in [-0.1, -0.05) is 0 Å². The Morgan fingerprint density at radius 1 is 1.42 bits per heavy atom. The van der Waals surface area contributed by atoms with Crippen molar-refractivity contribution in [2.24, 2.45) is 0 Å². The monoisotopic (exact) mass is 367 g/mol. The molecule has 0 aromatic carbocycles. The Kier molecular flexibility index (Phi) is 5.20. The van der Waals surface area contributed by atoms with Crippen molar-refractivity contribution in [2.75, 3.05) is 18.1 Å². The molecule has 0 radical (unpaired) electrons. The van der Waals surface area contributed by atoms with Gasteiger partial charge in [0.05, 0.1) is 24.2 Å². The number of aryl methyl sites for hydroxylation is 1. The largest absolute Gasteiger partial charge is 0.481 e. The summed E-state index contributed by atoms with van der Waals surface area (Å²) in [5, 5.41) is 11.4. The molecule has 2 aromatic heterocycles. The topological polar surface area (TPSA) is 92.5 Å². The number of aliphatic carboxylic acids is 1. The molecule has 1 aliphatic heterocycles. The molecule has 24 heavy (non-hydrogen) atoms. The predicted octanol–water partition coefficient (Wildman–Crippen LogP) is 1.27. The molecular weight excluding hydrogens is 350 g/mol. The van der Waals surface area contributed by atoms with E-state index in [-0.39, 0.29) is 36.9 Å². The number of carboxylic acids is 1. The van der Waals surface area contributed by atoms with Crippen LogP contribution in [0.2, 0.25) is 0 Å². The van der Waals surface area contributed by atoms with Gasteiger partial charge in [0.15, 0.2) is 0 Å². The molecule has 1 N–H and O–H groups in total. The molecule has 3 rings (SSSR count). The molecular formula is C15H17N3O4S2. The van der Waals surface area contributed by atoms with Crippen molar-refractivity contribution in [2.45, 2.75) is 25.4 Å². The maximum Gasteiger partial charge on any atom is 0.305 e. The first-order valence-electron chi connectivity index (χ1n) is 7.58. The lowest BCUT2D eigenvalue weighted by molar-refractivity contribution is -0.140. The van der Waals surface area contributed by atoms with Gasteiger partial charge in [0.2, 0.25) is 5.91 Å². The molecule has 3 heterocycles. The second-order valence-electron chi connectivity index (χ2n) is 5.55. The summed E-state index contributed by atoms with van der Waals surface area (Å²) in [7, 11) is 0. The van der Waals surface area contributed by atoms with E-state index in [2.05, 4.69) is 4.98 Å². The van der Waals surface area contributed by atoms with E-state index in [1.807, 2.05) is 5.38 Å². The molecule has 0 spiro atoms. The molecule has 1 unspecified atom stereocenters. The van der Waals surface area contributed by atoms with Crippen LogP contribution in [0.5, 0.6) is 0 Å². The van der Waals surface area contributed by atoms with E-state index in [0.717, 1.165) is 5.75 Å². The van der Waals surface area contributed by atoms with E-state index in [1.54, 1.807) is 22.7 Å². The maximum atomic E-state index is 12.5. The first-order valence-corrected chi connectivity index (χ1v) is 9.61. The van der Waals surface area contributed by atoms with Crippen LogP contribution in [-0.2, 0) is 16.1 Å². The normalized spacial score (nSPS) is 18.0. The number of thioether (sulfide) groups is 1. The SMILES string of the molecule is O=C(O)CC1CSCCN1C(=O)CCn1cnc2sccc2c1=O. The van der Waals surface area contributed by atoms with Gasteiger partial charge in [-0.3, -0.25) is 19.0 Å². The van der Waals surface area contributed by atoms with E-state index in [9.17, 15) is 14.4 Å². The third-order valence-corrected chi connectivity index (χ3v) is 5.89. The number of hydrogen-bond donors (Lipinski definition) is 1. The molecule has 1 saturated heterocycles. The summed E-state index contributed by atoms with van der Waals surface area (Å²) in [4.78, 5) is 42.3. The van der Waals surface area contributed by atoms with Gasteiger partial charge >= 0.3 is 5.97 Å². The van der Waals surface area contributed by atoms with Crippen molar-refractivity contribution in [1.29, 1.82) is 0 Å². The molecule has 0 saturated carbocycles. The van der Waals surface area contributed by atoms with Gasteiger partial charge in [-0.05, 0) is 11.4 Å². The fourth-order valence-corrected chi connectivity index (χ4v) is 4.55. The maximum absolute atomic E-state index is 12.5. The van der Waals surface area contributed by atoms with Crippen molar-refractivity contribution in [1.82, 2.24) is 14.5 Å². The fourth-order valence-electron chi connectivity index (χ4n) is 2.77. The van der Waals surface area contributed by atoms with Crippen molar-refractivity contribution in [3.05, 3.63) is 28.1 Å². The summed E-state index contributed by atoms with van der Waals surface area (Å²) >= 11 is 3.07. The number of rotatable bonds is 5. The quantitative estimate of drug-likeness (QED) is 0.855. The van der Waals surface area contributed by atoms with Crippen molar-refractivity contribution in [3.8, 4) is 0 Å². The van der Waals surface area contributed by atoms with E-state index < -0.39 is 5.97 Å². The van der Waals surface area contributed by atoms with Crippen molar-refractivity contribution >= 4 is 45.2 Å². The van der Waals surface area contributed by atoms with Gasteiger partial charge in [-0.15, -0.1) is 11.3 Å². The smallest absolute Gasteiger partial charge is 0.305 e. The number of fused-ring (bicyclic) bond motifs is 1. The number of aromatic nitrogens is 2. The minimum Gasteiger partial charge on any atom is -0.481 e. The fraction of sp³-hybridized carbons (Fsp3) is 0.467. The number of nitrogens with zero attached hydrogens (tertiary/aromatic N) is 3. The second-order valence-corrected chi connectivity index (χ2v) is 7.59. The Morgan fingerprint density at radius 3 is 3.04 bits per heavy atom. The van der Waals surface area contributed by atoms with Crippen molar-refractivity contribution < 1.29 is 14.7 Å². The second kappa shape index (κ2) is 7.35. The third kappa shape index (κ3) is 3.62. The van der Waals surface area contributed by atoms with Crippen LogP contribution in [0.3, 0.4) is 0 Å². The van der Waals surface area contributed by atoms with Crippen LogP contribution in [-0.4, -0.2) is 55.5 Å². The van der Waals surface area contributed by atoms with Crippen LogP contribution in [0.15, 0.2) is 22.6 Å². The molecule has 0 aliphatic carbocycles. The van der Waals surface area contributed by atoms with Gasteiger partial charge in [0.25, 0.3) is 5.56 Å². The zero-order valence-electron chi connectivity index (χ0n) is 12.9. The van der Waals surface area contributed by atoms with Gasteiger partial charge in [-0.2, -0.15) is 11.8 Å². The molecule has 2 aromatic rings. The molecule has 1 aliphatic rings. The predicted molar refractivity (Wildman–Crippen MR) is 93.6 cm³/mol. The lowest BCUT2D eigenvalue weighted by Crippen LogP contribution is -2.47. The molecule has 1 amide bonds. The molecule has 1 atom stereocenters. The van der Waals surface area contributed by atoms with Crippen molar-refractivity contribution in [3.63, 3.8) is 0 Å². The highest BCUT2D eigenvalue weighted by molar-refractivity contribution is 7.99. The third-order valence-electron chi connectivity index (χ3n) is 3.98. The van der Waals surface area contributed by atoms with Gasteiger partial charge < -0.3 is 10.0 Å². The highest BCUT2D eigenvalue weighted by atomic mass is 32.2. The summed E-state index contributed by atoms with van der Waals surface area (Å²) in [5.74, 6) is 0.437. The molecule has 7 nitrogen and oxygen atoms in total. The van der Waals surface area contributed by atoms with Gasteiger partial charge in [-0.25, -0.2) is 4.98 Å². The highest BCUT2D eigenvalue weighted by Gasteiger charge is 2.28. The number of amides is 1. The first kappa shape index (κ1) is 17.0. The molecule has 0 bridgehead atoms. The minimum atomic E-state index is -0.899. The average Bonchev–Trinajstić information content (AvgIpc) is 3.03. The van der Waals surface area contributed by atoms with Crippen LogP contribution in [0.25, 0.3) is 10.2 Å². The standard InChI is InChI=1S/C15H17N3O4S2/c19-12(18-4-6-23-8-10(18)7-13(20)21)1-3-17-9-16-14-11(15(17)22)2-5-24-14/h2,5,9-10H,1,3-4,6-8H2,(H,20,21). The Bertz CT molecular complexity index is 816. The summed E-state index contributed by atoms with van der Waals surface area (Å²) in [6, 6.07) is 1.46. The number of carbonyl (C=O) groups is 2. The lowest BCUT2D eigenvalue weighted by Gasteiger charge is -2.34. The number of hydrogen-bond acceptors (Lipinski definition) is 6. The highest BCUT2D eigenvalue weighted by Crippen LogP contribution is 2.20. The van der Waals surface area contributed by atoms with E-state index in [1.165, 1.54) is 22.2 Å². The molecule has 1 fully saturated rings. The van der Waals surface area contributed by atoms with E-state index >= 15 is 0 Å². The number of carboxylic acid groups (broad SMARTS) is 1. The van der Waals surface area contributed by atoms with Crippen LogP contribution >= 0.6 is 23.1 Å². The summed E-state index contributed by atoms with van der Waals surface area (Å²) in [6.45, 7) is 0.804. The summed E-state index contributed by atoms with van der Waals surface area (Å²) in [5.41, 5.74) is -0.148. The Morgan fingerprint density at radius 2 is 2.25 bits per heavy atom. The van der Waals surface area contributed by atoms with Crippen LogP contribution in [0.1, 0.15) is 12.8 Å². The van der Waals surface area contributed by atoms with Crippen LogP contribution < -0.4 is 5.56 Å². The van der Waals surface area contributed by atoms with E-state index in [0.29, 0.717) is 22.5 Å². The number of carbonyl (C=O) groups excluding carboxylic acids is 1. The Hall–Kier alpha value is -1.87. The number of thiophene rings is 1. The van der Waals surface area contributed by atoms with Gasteiger partial charge in [0, 0.05) is 31.0 Å². The average molecular weight is 367 g/mol.